The Labute approximate surface area is 122 Å². The van der Waals surface area contributed by atoms with Crippen molar-refractivity contribution in [1.82, 2.24) is 15.5 Å². The van der Waals surface area contributed by atoms with E-state index >= 15 is 0 Å². The Hall–Kier alpha value is -1.22. The van der Waals surface area contributed by atoms with Crippen LogP contribution in [0.2, 0.25) is 0 Å². The highest BCUT2D eigenvalue weighted by Gasteiger charge is 2.44. The van der Waals surface area contributed by atoms with Crippen LogP contribution in [0.3, 0.4) is 0 Å². The molecule has 3 nitrogen and oxygen atoms in total. The van der Waals surface area contributed by atoms with Crippen LogP contribution in [0.5, 0.6) is 0 Å². The number of hydrogen-bond donors (Lipinski definition) is 2. The highest BCUT2D eigenvalue weighted by Crippen LogP contribution is 2.41. The fourth-order valence-electron chi connectivity index (χ4n) is 3.86. The van der Waals surface area contributed by atoms with Gasteiger partial charge in [0.05, 0.1) is 16.9 Å². The van der Waals surface area contributed by atoms with Gasteiger partial charge in [-0.25, -0.2) is 0 Å². The quantitative estimate of drug-likeness (QED) is 0.769. The van der Waals surface area contributed by atoms with Crippen molar-refractivity contribution in [3.63, 3.8) is 0 Å². The molecule has 0 unspecified atom stereocenters. The van der Waals surface area contributed by atoms with Crippen molar-refractivity contribution < 1.29 is 0 Å². The number of nitrogens with one attached hydrogen (secondary N) is 2. The molecular weight excluding hydrogens is 246 g/mol. The van der Waals surface area contributed by atoms with Crippen molar-refractivity contribution in [2.24, 2.45) is 0 Å². The van der Waals surface area contributed by atoms with Crippen molar-refractivity contribution in [3.05, 3.63) is 35.3 Å². The second kappa shape index (κ2) is 5.65. The Morgan fingerprint density at radius 2 is 2.15 bits per heavy atom. The van der Waals surface area contributed by atoms with Gasteiger partial charge in [0, 0.05) is 12.2 Å². The lowest BCUT2D eigenvalue weighted by atomic mass is 9.79. The maximum Gasteiger partial charge on any atom is 0.0797 e. The molecule has 3 rings (SSSR count). The molecule has 3 aliphatic heterocycles. The van der Waals surface area contributed by atoms with Gasteiger partial charge < -0.3 is 15.5 Å². The Balaban J connectivity index is 2.03. The molecule has 0 aromatic heterocycles. The molecule has 0 bridgehead atoms. The zero-order valence-electron chi connectivity index (χ0n) is 12.8. The van der Waals surface area contributed by atoms with Gasteiger partial charge in [0.1, 0.15) is 0 Å². The lowest BCUT2D eigenvalue weighted by Crippen LogP contribution is -2.61. The molecule has 3 heteroatoms. The molecule has 2 fully saturated rings. The molecule has 3 aliphatic rings. The fraction of sp³-hybridized carbons (Fsp3) is 0.647. The smallest absolute Gasteiger partial charge is 0.0797 e. The molecule has 0 aliphatic carbocycles. The summed E-state index contributed by atoms with van der Waals surface area (Å²) in [6.07, 6.45) is 13.1. The summed E-state index contributed by atoms with van der Waals surface area (Å²) in [7, 11) is 0. The molecule has 0 aromatic carbocycles. The van der Waals surface area contributed by atoms with Gasteiger partial charge in [0.2, 0.25) is 0 Å². The second-order valence-electron chi connectivity index (χ2n) is 6.04. The summed E-state index contributed by atoms with van der Waals surface area (Å²) in [5, 5.41) is 7.42. The largest absolute Gasteiger partial charge is 0.373 e. The summed E-state index contributed by atoms with van der Waals surface area (Å²) >= 11 is 0. The molecule has 3 heterocycles. The van der Waals surface area contributed by atoms with E-state index < -0.39 is 0 Å². The van der Waals surface area contributed by atoms with Crippen LogP contribution < -0.4 is 10.6 Å². The molecule has 0 amide bonds. The van der Waals surface area contributed by atoms with E-state index in [2.05, 4.69) is 47.6 Å². The van der Waals surface area contributed by atoms with Gasteiger partial charge in [-0.15, -0.1) is 0 Å². The van der Waals surface area contributed by atoms with Crippen molar-refractivity contribution in [3.8, 4) is 0 Å². The van der Waals surface area contributed by atoms with E-state index in [9.17, 15) is 0 Å². The van der Waals surface area contributed by atoms with Gasteiger partial charge >= 0.3 is 0 Å². The number of piperazine rings is 1. The van der Waals surface area contributed by atoms with Crippen LogP contribution in [0, 0.1) is 0 Å². The third kappa shape index (κ3) is 2.18. The Kier molecular flexibility index (Phi) is 3.88. The van der Waals surface area contributed by atoms with E-state index in [0.29, 0.717) is 0 Å². The molecule has 2 N–H and O–H groups in total. The fourth-order valence-corrected chi connectivity index (χ4v) is 3.86. The predicted molar refractivity (Wildman–Crippen MR) is 84.1 cm³/mol. The van der Waals surface area contributed by atoms with Gasteiger partial charge in [-0.3, -0.25) is 0 Å². The Morgan fingerprint density at radius 1 is 1.35 bits per heavy atom. The summed E-state index contributed by atoms with van der Waals surface area (Å²) in [5.74, 6) is 0. The monoisotopic (exact) mass is 273 g/mol. The van der Waals surface area contributed by atoms with Crippen molar-refractivity contribution in [2.45, 2.75) is 51.5 Å². The summed E-state index contributed by atoms with van der Waals surface area (Å²) in [6, 6.07) is 0. The van der Waals surface area contributed by atoms with Crippen LogP contribution in [0.15, 0.2) is 35.3 Å². The molecule has 2 saturated heterocycles. The lowest BCUT2D eigenvalue weighted by Gasteiger charge is -2.52. The van der Waals surface area contributed by atoms with E-state index in [-0.39, 0.29) is 5.54 Å². The van der Waals surface area contributed by atoms with Crippen LogP contribution in [0.4, 0.5) is 0 Å². The molecule has 110 valence electrons. The summed E-state index contributed by atoms with van der Waals surface area (Å²) in [5.41, 5.74) is 4.42. The van der Waals surface area contributed by atoms with Gasteiger partial charge in [-0.2, -0.15) is 0 Å². The van der Waals surface area contributed by atoms with Crippen LogP contribution in [-0.2, 0) is 0 Å². The highest BCUT2D eigenvalue weighted by atomic mass is 15.3. The normalized spacial score (nSPS) is 29.3. The van der Waals surface area contributed by atoms with E-state index in [0.717, 1.165) is 19.5 Å². The molecule has 0 aromatic rings. The number of allylic oxidation sites excluding steroid dienone is 3. The van der Waals surface area contributed by atoms with Crippen LogP contribution in [0.1, 0.15) is 46.0 Å². The van der Waals surface area contributed by atoms with Crippen LogP contribution in [0.25, 0.3) is 0 Å². The first kappa shape index (κ1) is 13.7. The first-order chi connectivity index (χ1) is 9.80. The van der Waals surface area contributed by atoms with E-state index in [1.54, 1.807) is 0 Å². The van der Waals surface area contributed by atoms with Crippen molar-refractivity contribution in [1.29, 1.82) is 0 Å². The third-order valence-corrected chi connectivity index (χ3v) is 4.78. The van der Waals surface area contributed by atoms with E-state index in [1.165, 1.54) is 49.3 Å². The third-order valence-electron chi connectivity index (χ3n) is 4.78. The van der Waals surface area contributed by atoms with Gasteiger partial charge in [0.15, 0.2) is 0 Å². The minimum absolute atomic E-state index is 0.166. The van der Waals surface area contributed by atoms with E-state index in [1.807, 2.05) is 0 Å². The molecule has 20 heavy (non-hydrogen) atoms. The van der Waals surface area contributed by atoms with Crippen LogP contribution >= 0.6 is 0 Å². The molecule has 0 atom stereocenters. The Morgan fingerprint density at radius 3 is 2.85 bits per heavy atom. The zero-order valence-corrected chi connectivity index (χ0v) is 12.8. The average Bonchev–Trinajstić information content (AvgIpc) is 2.49. The maximum atomic E-state index is 3.91. The summed E-state index contributed by atoms with van der Waals surface area (Å²) in [4.78, 5) is 2.58. The minimum atomic E-state index is 0.166. The molecular formula is C17H27N3. The minimum Gasteiger partial charge on any atom is -0.373 e. The number of nitrogens with zero attached hydrogens (tertiary/aromatic N) is 1. The van der Waals surface area contributed by atoms with Crippen LogP contribution in [-0.4, -0.2) is 30.1 Å². The maximum absolute atomic E-state index is 3.91. The number of rotatable bonds is 1. The van der Waals surface area contributed by atoms with Gasteiger partial charge in [-0.1, -0.05) is 25.2 Å². The SMILES string of the molecule is C/C=C1\C(=C/CC)NC2(CCNCC2)C2=CCCCN21. The number of hydrogen-bond acceptors (Lipinski definition) is 3. The lowest BCUT2D eigenvalue weighted by molar-refractivity contribution is 0.206. The molecule has 0 radical (unpaired) electrons. The first-order valence-electron chi connectivity index (χ1n) is 8.14. The first-order valence-corrected chi connectivity index (χ1v) is 8.14. The van der Waals surface area contributed by atoms with Crippen molar-refractivity contribution >= 4 is 0 Å². The summed E-state index contributed by atoms with van der Waals surface area (Å²) < 4.78 is 0. The molecule has 0 saturated carbocycles. The van der Waals surface area contributed by atoms with Gasteiger partial charge in [-0.05, 0) is 52.1 Å². The highest BCUT2D eigenvalue weighted by molar-refractivity contribution is 5.43. The second-order valence-corrected chi connectivity index (χ2v) is 6.04. The standard InChI is InChI=1S/C17H27N3/c1-3-7-14-15(4-2)20-13-6-5-8-16(20)17(19-14)9-11-18-12-10-17/h4,7-8,18-19H,3,5-6,9-13H2,1-2H3/b14-7+,15-4+. The zero-order chi connectivity index (χ0) is 14.0. The average molecular weight is 273 g/mol. The number of piperidine rings is 1. The molecule has 1 spiro atoms. The predicted octanol–water partition coefficient (Wildman–Crippen LogP) is 2.89. The topological polar surface area (TPSA) is 27.3 Å². The van der Waals surface area contributed by atoms with Crippen molar-refractivity contribution in [2.75, 3.05) is 19.6 Å². The summed E-state index contributed by atoms with van der Waals surface area (Å²) in [6.45, 7) is 7.78. The number of fused-ring (bicyclic) bond motifs is 2. The van der Waals surface area contributed by atoms with E-state index in [4.69, 9.17) is 0 Å². The Bertz CT molecular complexity index is 453. The van der Waals surface area contributed by atoms with Gasteiger partial charge in [0.25, 0.3) is 0 Å².